The number of nitrogens with one attached hydrogen (secondary N) is 2. The van der Waals surface area contributed by atoms with E-state index in [0.717, 1.165) is 0 Å². The normalized spacial score (nSPS) is 11.2. The van der Waals surface area contributed by atoms with Gasteiger partial charge in [-0.2, -0.15) is 0 Å². The average Bonchev–Trinajstić information content (AvgIpc) is 2.61. The third kappa shape index (κ3) is 5.27. The molecule has 0 fully saturated rings. The minimum Gasteiger partial charge on any atom is -0.483 e. The van der Waals surface area contributed by atoms with E-state index in [0.29, 0.717) is 24.3 Å². The summed E-state index contributed by atoms with van der Waals surface area (Å²) in [5, 5.41) is 2.41. The number of aryl methyl sites for hydroxylation is 1. The number of ether oxygens (including phenoxy) is 1. The second kappa shape index (κ2) is 8.77. The van der Waals surface area contributed by atoms with Gasteiger partial charge in [-0.3, -0.25) is 4.79 Å². The highest BCUT2D eigenvalue weighted by molar-refractivity contribution is 7.89. The maximum atomic E-state index is 13.5. The van der Waals surface area contributed by atoms with Crippen LogP contribution in [0.2, 0.25) is 0 Å². The van der Waals surface area contributed by atoms with Crippen LogP contribution in [0.3, 0.4) is 0 Å². The van der Waals surface area contributed by atoms with E-state index >= 15 is 0 Å². The molecule has 0 radical (unpaired) electrons. The van der Waals surface area contributed by atoms with E-state index in [1.54, 1.807) is 13.0 Å². The Balaban J connectivity index is 2.00. The highest BCUT2D eigenvalue weighted by Crippen LogP contribution is 2.22. The molecule has 0 bridgehead atoms. The fourth-order valence-electron chi connectivity index (χ4n) is 2.16. The zero-order valence-electron chi connectivity index (χ0n) is 14.6. The van der Waals surface area contributed by atoms with Crippen LogP contribution in [0.15, 0.2) is 47.4 Å². The first-order valence-corrected chi connectivity index (χ1v) is 9.59. The number of anilines is 1. The van der Waals surface area contributed by atoms with Crippen LogP contribution in [0, 0.1) is 12.7 Å². The van der Waals surface area contributed by atoms with Gasteiger partial charge in [-0.05, 0) is 49.2 Å². The Morgan fingerprint density at radius 2 is 1.92 bits per heavy atom. The monoisotopic (exact) mass is 380 g/mol. The van der Waals surface area contributed by atoms with Crippen molar-refractivity contribution in [1.29, 1.82) is 0 Å². The molecule has 0 heterocycles. The molecule has 0 spiro atoms. The first-order valence-electron chi connectivity index (χ1n) is 8.11. The number of carbonyl (C=O) groups is 1. The molecule has 0 aliphatic rings. The SMILES string of the molecule is CCCNS(=O)(=O)c1ccc(OCC(=O)Nc2ccccc2F)c(C)c1. The highest BCUT2D eigenvalue weighted by atomic mass is 32.2. The molecule has 0 atom stereocenters. The van der Waals surface area contributed by atoms with Crippen molar-refractivity contribution in [3.05, 3.63) is 53.8 Å². The average molecular weight is 380 g/mol. The van der Waals surface area contributed by atoms with Crippen molar-refractivity contribution < 1.29 is 22.3 Å². The van der Waals surface area contributed by atoms with E-state index in [1.807, 2.05) is 6.92 Å². The molecule has 140 valence electrons. The number of sulfonamides is 1. The first kappa shape index (κ1) is 19.9. The van der Waals surface area contributed by atoms with Gasteiger partial charge < -0.3 is 10.1 Å². The predicted octanol–water partition coefficient (Wildman–Crippen LogP) is 2.84. The Kier molecular flexibility index (Phi) is 6.70. The minimum absolute atomic E-state index is 0.0706. The molecule has 0 unspecified atom stereocenters. The number of para-hydroxylation sites is 1. The highest BCUT2D eigenvalue weighted by Gasteiger charge is 2.15. The summed E-state index contributed by atoms with van der Waals surface area (Å²) in [6.07, 6.45) is 0.691. The van der Waals surface area contributed by atoms with Gasteiger partial charge in [0.1, 0.15) is 11.6 Å². The molecule has 2 rings (SSSR count). The molecule has 6 nitrogen and oxygen atoms in total. The zero-order chi connectivity index (χ0) is 19.2. The Bertz CT molecular complexity index is 885. The van der Waals surface area contributed by atoms with E-state index in [1.165, 1.54) is 36.4 Å². The quantitative estimate of drug-likeness (QED) is 0.738. The molecule has 2 aromatic rings. The summed E-state index contributed by atoms with van der Waals surface area (Å²) in [5.74, 6) is -0.676. The van der Waals surface area contributed by atoms with Crippen molar-refractivity contribution in [3.8, 4) is 5.75 Å². The summed E-state index contributed by atoms with van der Waals surface area (Å²) in [4.78, 5) is 12.0. The van der Waals surface area contributed by atoms with Crippen LogP contribution in [-0.2, 0) is 14.8 Å². The third-order valence-electron chi connectivity index (χ3n) is 3.51. The number of halogens is 1. The minimum atomic E-state index is -3.56. The van der Waals surface area contributed by atoms with Crippen molar-refractivity contribution in [2.75, 3.05) is 18.5 Å². The van der Waals surface area contributed by atoms with Crippen LogP contribution in [0.5, 0.6) is 5.75 Å². The number of benzene rings is 2. The van der Waals surface area contributed by atoms with Crippen LogP contribution in [0.4, 0.5) is 10.1 Å². The number of carbonyl (C=O) groups excluding carboxylic acids is 1. The molecular formula is C18H21FN2O4S. The van der Waals surface area contributed by atoms with Gasteiger partial charge in [-0.15, -0.1) is 0 Å². The molecule has 1 amide bonds. The van der Waals surface area contributed by atoms with Gasteiger partial charge in [0.2, 0.25) is 10.0 Å². The lowest BCUT2D eigenvalue weighted by Gasteiger charge is -2.12. The molecule has 26 heavy (non-hydrogen) atoms. The molecule has 2 aromatic carbocycles. The molecule has 0 saturated carbocycles. The summed E-state index contributed by atoms with van der Waals surface area (Å²) in [6, 6.07) is 10.2. The number of amides is 1. The second-order valence-corrected chi connectivity index (χ2v) is 7.41. The summed E-state index contributed by atoms with van der Waals surface area (Å²) in [7, 11) is -3.56. The molecule has 0 saturated heterocycles. The molecule has 0 aromatic heterocycles. The van der Waals surface area contributed by atoms with Gasteiger partial charge in [-0.25, -0.2) is 17.5 Å². The van der Waals surface area contributed by atoms with Crippen molar-refractivity contribution in [3.63, 3.8) is 0 Å². The van der Waals surface area contributed by atoms with Crippen molar-refractivity contribution >= 4 is 21.6 Å². The van der Waals surface area contributed by atoms with Gasteiger partial charge in [0.25, 0.3) is 5.91 Å². The molecular weight excluding hydrogens is 359 g/mol. The lowest BCUT2D eigenvalue weighted by molar-refractivity contribution is -0.118. The first-order chi connectivity index (χ1) is 12.3. The van der Waals surface area contributed by atoms with Crippen molar-refractivity contribution in [1.82, 2.24) is 4.72 Å². The van der Waals surface area contributed by atoms with Crippen LogP contribution >= 0.6 is 0 Å². The Morgan fingerprint density at radius 3 is 2.58 bits per heavy atom. The van der Waals surface area contributed by atoms with E-state index in [2.05, 4.69) is 10.0 Å². The molecule has 8 heteroatoms. The summed E-state index contributed by atoms with van der Waals surface area (Å²) in [6.45, 7) is 3.59. The zero-order valence-corrected chi connectivity index (χ0v) is 15.4. The number of hydrogen-bond donors (Lipinski definition) is 2. The smallest absolute Gasteiger partial charge is 0.262 e. The number of hydrogen-bond acceptors (Lipinski definition) is 4. The lowest BCUT2D eigenvalue weighted by Crippen LogP contribution is -2.24. The third-order valence-corrected chi connectivity index (χ3v) is 4.96. The molecule has 0 aliphatic carbocycles. The fraction of sp³-hybridized carbons (Fsp3) is 0.278. The standard InChI is InChI=1S/C18H21FN2O4S/c1-3-10-20-26(23,24)14-8-9-17(13(2)11-14)25-12-18(22)21-16-7-5-4-6-15(16)19/h4-9,11,20H,3,10,12H2,1-2H3,(H,21,22). The second-order valence-electron chi connectivity index (χ2n) is 5.64. The van der Waals surface area contributed by atoms with E-state index in [9.17, 15) is 17.6 Å². The summed E-state index contributed by atoms with van der Waals surface area (Å²) >= 11 is 0. The van der Waals surface area contributed by atoms with Gasteiger partial charge in [0, 0.05) is 6.54 Å². The lowest BCUT2D eigenvalue weighted by atomic mass is 10.2. The Labute approximate surface area is 152 Å². The van der Waals surface area contributed by atoms with Crippen LogP contribution < -0.4 is 14.8 Å². The fourth-order valence-corrected chi connectivity index (χ4v) is 3.38. The van der Waals surface area contributed by atoms with Crippen LogP contribution in [0.25, 0.3) is 0 Å². The number of rotatable bonds is 8. The van der Waals surface area contributed by atoms with Crippen molar-refractivity contribution in [2.45, 2.75) is 25.2 Å². The predicted molar refractivity (Wildman–Crippen MR) is 97.2 cm³/mol. The van der Waals surface area contributed by atoms with Crippen molar-refractivity contribution in [2.24, 2.45) is 0 Å². The summed E-state index contributed by atoms with van der Waals surface area (Å²) < 4.78 is 45.6. The maximum Gasteiger partial charge on any atom is 0.262 e. The van der Waals surface area contributed by atoms with Gasteiger partial charge in [0.05, 0.1) is 10.6 Å². The van der Waals surface area contributed by atoms with Crippen LogP contribution in [-0.4, -0.2) is 27.5 Å². The topological polar surface area (TPSA) is 84.5 Å². The Morgan fingerprint density at radius 1 is 1.19 bits per heavy atom. The summed E-state index contributed by atoms with van der Waals surface area (Å²) in [5.41, 5.74) is 0.643. The largest absolute Gasteiger partial charge is 0.483 e. The van der Waals surface area contributed by atoms with Gasteiger partial charge in [0.15, 0.2) is 6.61 Å². The van der Waals surface area contributed by atoms with E-state index < -0.39 is 21.7 Å². The maximum absolute atomic E-state index is 13.5. The van der Waals surface area contributed by atoms with Gasteiger partial charge in [-0.1, -0.05) is 19.1 Å². The van der Waals surface area contributed by atoms with E-state index in [-0.39, 0.29) is 17.2 Å². The Hall–Kier alpha value is -2.45. The van der Waals surface area contributed by atoms with Gasteiger partial charge >= 0.3 is 0 Å². The van der Waals surface area contributed by atoms with Crippen LogP contribution in [0.1, 0.15) is 18.9 Å². The van der Waals surface area contributed by atoms with E-state index in [4.69, 9.17) is 4.74 Å². The molecule has 2 N–H and O–H groups in total. The molecule has 0 aliphatic heterocycles.